The van der Waals surface area contributed by atoms with Gasteiger partial charge in [0.2, 0.25) is 5.91 Å². The first-order chi connectivity index (χ1) is 21.0. The molecule has 12 heteroatoms. The SMILES string of the molecule is CNC(=O)c1ccc(C)c(-c2ncc(NC(=O)C(C)NC)c(=O)n2Cc2cc(-n3cc(C)c4cc(F)ccc43)nc(C)n2)c1. The van der Waals surface area contributed by atoms with Crippen LogP contribution in [0.4, 0.5) is 10.1 Å². The Kier molecular flexibility index (Phi) is 8.36. The molecule has 0 aliphatic rings. The fourth-order valence-corrected chi connectivity index (χ4v) is 5.00. The lowest BCUT2D eigenvalue weighted by molar-refractivity contribution is -0.117. The van der Waals surface area contributed by atoms with Crippen molar-refractivity contribution in [1.29, 1.82) is 0 Å². The van der Waals surface area contributed by atoms with Crippen LogP contribution in [0.5, 0.6) is 0 Å². The van der Waals surface area contributed by atoms with Crippen molar-refractivity contribution in [2.45, 2.75) is 40.3 Å². The lowest BCUT2D eigenvalue weighted by Gasteiger charge is -2.17. The highest BCUT2D eigenvalue weighted by molar-refractivity contribution is 5.96. The van der Waals surface area contributed by atoms with Gasteiger partial charge < -0.3 is 20.5 Å². The number of nitrogens with zero attached hydrogens (tertiary/aromatic N) is 5. The summed E-state index contributed by atoms with van der Waals surface area (Å²) >= 11 is 0. The van der Waals surface area contributed by atoms with E-state index in [1.54, 1.807) is 58.3 Å². The summed E-state index contributed by atoms with van der Waals surface area (Å²) in [5.41, 5.74) is 3.44. The Morgan fingerprint density at radius 1 is 1.00 bits per heavy atom. The van der Waals surface area contributed by atoms with Gasteiger partial charge in [0, 0.05) is 35.8 Å². The summed E-state index contributed by atoms with van der Waals surface area (Å²) in [6.45, 7) is 7.17. The standard InChI is InChI=1S/C32H33FN8O3/c1-17-7-8-21(31(43)35-6)11-25(17)29-36-14-26(39-30(42)19(3)34-5)32(44)41(29)16-23-13-28(38-20(4)37-23)40-15-18(2)24-12-22(33)9-10-27(24)40/h7-15,19,34H,16H2,1-6H3,(H,35,43)(H,39,42). The van der Waals surface area contributed by atoms with Crippen molar-refractivity contribution in [2.75, 3.05) is 19.4 Å². The lowest BCUT2D eigenvalue weighted by atomic mass is 10.0. The molecule has 2 amide bonds. The lowest BCUT2D eigenvalue weighted by Crippen LogP contribution is -2.38. The normalized spacial score (nSPS) is 11.9. The molecule has 0 spiro atoms. The molecule has 3 N–H and O–H groups in total. The molecular formula is C32H33FN8O3. The smallest absolute Gasteiger partial charge is 0.277 e. The zero-order chi connectivity index (χ0) is 31.7. The molecule has 3 aromatic heterocycles. The highest BCUT2D eigenvalue weighted by Crippen LogP contribution is 2.26. The Bertz CT molecular complexity index is 1980. The predicted octanol–water partition coefficient (Wildman–Crippen LogP) is 3.66. The molecule has 1 unspecified atom stereocenters. The summed E-state index contributed by atoms with van der Waals surface area (Å²) in [6.07, 6.45) is 3.20. The molecule has 3 heterocycles. The zero-order valence-corrected chi connectivity index (χ0v) is 25.3. The molecule has 44 heavy (non-hydrogen) atoms. The number of hydrogen-bond acceptors (Lipinski definition) is 7. The Labute approximate surface area is 253 Å². The van der Waals surface area contributed by atoms with Gasteiger partial charge >= 0.3 is 0 Å². The second kappa shape index (κ2) is 12.2. The highest BCUT2D eigenvalue weighted by Gasteiger charge is 2.20. The van der Waals surface area contributed by atoms with Gasteiger partial charge in [-0.2, -0.15) is 0 Å². The first-order valence-electron chi connectivity index (χ1n) is 14.0. The van der Waals surface area contributed by atoms with Crippen molar-refractivity contribution >= 4 is 28.4 Å². The minimum absolute atomic E-state index is 0.000940. The van der Waals surface area contributed by atoms with Gasteiger partial charge in [0.15, 0.2) is 0 Å². The van der Waals surface area contributed by atoms with Crippen LogP contribution in [0.25, 0.3) is 28.1 Å². The first kappa shape index (κ1) is 30.2. The van der Waals surface area contributed by atoms with Gasteiger partial charge in [-0.05, 0) is 76.2 Å². The molecule has 0 radical (unpaired) electrons. The Morgan fingerprint density at radius 3 is 2.50 bits per heavy atom. The average molecular weight is 597 g/mol. The fourth-order valence-electron chi connectivity index (χ4n) is 5.00. The minimum Gasteiger partial charge on any atom is -0.355 e. The number of halogens is 1. The zero-order valence-electron chi connectivity index (χ0n) is 25.3. The van der Waals surface area contributed by atoms with E-state index in [1.807, 2.05) is 24.6 Å². The van der Waals surface area contributed by atoms with Gasteiger partial charge in [-0.15, -0.1) is 0 Å². The third-order valence-electron chi connectivity index (χ3n) is 7.51. The molecule has 0 saturated heterocycles. The van der Waals surface area contributed by atoms with Gasteiger partial charge in [-0.3, -0.25) is 19.0 Å². The second-order valence-corrected chi connectivity index (χ2v) is 10.6. The number of hydrogen-bond donors (Lipinski definition) is 3. The molecule has 5 rings (SSSR count). The largest absolute Gasteiger partial charge is 0.355 e. The molecule has 0 aliphatic heterocycles. The quantitative estimate of drug-likeness (QED) is 0.249. The van der Waals surface area contributed by atoms with Crippen LogP contribution in [0.2, 0.25) is 0 Å². The van der Waals surface area contributed by atoms with Crippen molar-refractivity contribution in [2.24, 2.45) is 0 Å². The Balaban J connectivity index is 1.66. The summed E-state index contributed by atoms with van der Waals surface area (Å²) in [5, 5.41) is 8.89. The van der Waals surface area contributed by atoms with Crippen LogP contribution < -0.4 is 21.5 Å². The molecule has 5 aromatic rings. The summed E-state index contributed by atoms with van der Waals surface area (Å²) in [7, 11) is 3.19. The van der Waals surface area contributed by atoms with Crippen molar-refractivity contribution in [3.05, 3.63) is 99.2 Å². The van der Waals surface area contributed by atoms with Crippen LogP contribution >= 0.6 is 0 Å². The number of nitrogens with one attached hydrogen (secondary N) is 3. The van der Waals surface area contributed by atoms with Gasteiger partial charge in [0.05, 0.1) is 30.0 Å². The number of carbonyl (C=O) groups excluding carboxylic acids is 2. The summed E-state index contributed by atoms with van der Waals surface area (Å²) in [5.74, 6) is 0.305. The Hall–Kier alpha value is -5.23. The molecule has 226 valence electrons. The predicted molar refractivity (Wildman–Crippen MR) is 167 cm³/mol. The third kappa shape index (κ3) is 5.84. The van der Waals surface area contributed by atoms with Crippen LogP contribution in [-0.4, -0.2) is 56.0 Å². The van der Waals surface area contributed by atoms with Gasteiger partial charge in [0.25, 0.3) is 11.5 Å². The van der Waals surface area contributed by atoms with Gasteiger partial charge in [-0.25, -0.2) is 19.3 Å². The minimum atomic E-state index is -0.547. The van der Waals surface area contributed by atoms with E-state index in [-0.39, 0.29) is 24.0 Å². The highest BCUT2D eigenvalue weighted by atomic mass is 19.1. The fraction of sp³-hybridized carbons (Fsp3) is 0.250. The second-order valence-electron chi connectivity index (χ2n) is 10.6. The molecule has 2 aromatic carbocycles. The molecule has 0 fully saturated rings. The number of rotatable bonds is 8. The van der Waals surface area contributed by atoms with Crippen molar-refractivity contribution in [3.8, 4) is 17.2 Å². The molecule has 0 aliphatic carbocycles. The number of anilines is 1. The van der Waals surface area contributed by atoms with Crippen molar-refractivity contribution in [3.63, 3.8) is 0 Å². The van der Waals surface area contributed by atoms with Gasteiger partial charge in [-0.1, -0.05) is 6.07 Å². The summed E-state index contributed by atoms with van der Waals surface area (Å²) in [4.78, 5) is 52.9. The van der Waals surface area contributed by atoms with E-state index in [4.69, 9.17) is 0 Å². The third-order valence-corrected chi connectivity index (χ3v) is 7.51. The summed E-state index contributed by atoms with van der Waals surface area (Å²) in [6, 6.07) is 11.0. The van der Waals surface area contributed by atoms with E-state index in [0.717, 1.165) is 22.0 Å². The number of amides is 2. The number of aromatic nitrogens is 5. The van der Waals surface area contributed by atoms with Crippen LogP contribution in [0.3, 0.4) is 0 Å². The number of carbonyl (C=O) groups is 2. The monoisotopic (exact) mass is 596 g/mol. The van der Waals surface area contributed by atoms with Crippen LogP contribution in [-0.2, 0) is 11.3 Å². The topological polar surface area (TPSA) is 136 Å². The summed E-state index contributed by atoms with van der Waals surface area (Å²) < 4.78 is 17.3. The molecule has 0 bridgehead atoms. The number of benzene rings is 2. The maximum Gasteiger partial charge on any atom is 0.277 e. The van der Waals surface area contributed by atoms with Crippen molar-refractivity contribution < 1.29 is 14.0 Å². The molecule has 11 nitrogen and oxygen atoms in total. The van der Waals surface area contributed by atoms with E-state index in [0.29, 0.717) is 34.3 Å². The average Bonchev–Trinajstić information content (AvgIpc) is 3.33. The number of likely N-dealkylation sites (N-methyl/N-ethyl adjacent to an activating group) is 1. The molecule has 0 saturated carbocycles. The van der Waals surface area contributed by atoms with E-state index in [2.05, 4.69) is 30.9 Å². The molecular weight excluding hydrogens is 563 g/mol. The first-order valence-corrected chi connectivity index (χ1v) is 14.0. The van der Waals surface area contributed by atoms with E-state index >= 15 is 0 Å². The van der Waals surface area contributed by atoms with E-state index in [9.17, 15) is 18.8 Å². The van der Waals surface area contributed by atoms with Gasteiger partial charge in [0.1, 0.15) is 29.0 Å². The number of aryl methyl sites for hydroxylation is 3. The maximum atomic E-state index is 14.0. The van der Waals surface area contributed by atoms with Crippen LogP contribution in [0.1, 0.15) is 39.9 Å². The van der Waals surface area contributed by atoms with Crippen molar-refractivity contribution in [1.82, 2.24) is 34.7 Å². The van der Waals surface area contributed by atoms with Crippen LogP contribution in [0, 0.1) is 26.6 Å². The van der Waals surface area contributed by atoms with E-state index < -0.39 is 17.5 Å². The number of fused-ring (bicyclic) bond motifs is 1. The maximum absolute atomic E-state index is 14.0. The Morgan fingerprint density at radius 2 is 1.77 bits per heavy atom. The van der Waals surface area contributed by atoms with E-state index in [1.165, 1.54) is 22.9 Å². The van der Waals surface area contributed by atoms with Crippen LogP contribution in [0.15, 0.2) is 59.7 Å². The molecule has 1 atom stereocenters.